The average molecular weight is 862 g/mol. The predicted octanol–water partition coefficient (Wildman–Crippen LogP) is 2.40. The van der Waals surface area contributed by atoms with Gasteiger partial charge in [-0.3, -0.25) is 24.0 Å². The lowest BCUT2D eigenvalue weighted by Crippen LogP contribution is -2.70. The van der Waals surface area contributed by atoms with Crippen LogP contribution in [0.25, 0.3) is 6.08 Å². The Morgan fingerprint density at radius 2 is 1.74 bits per heavy atom. The molecular weight excluding hydrogens is 807 g/mol. The summed E-state index contributed by atoms with van der Waals surface area (Å²) < 4.78 is 33.8. The molecule has 9 atom stereocenters. The number of aliphatic hydroxyl groups excluding tert-OH is 1. The van der Waals surface area contributed by atoms with E-state index in [-0.39, 0.29) is 45.6 Å². The second-order valence-corrected chi connectivity index (χ2v) is 18.2. The van der Waals surface area contributed by atoms with Crippen LogP contribution in [0.5, 0.6) is 0 Å². The maximum absolute atomic E-state index is 15.4. The number of nitrogens with zero attached hydrogens (tertiary/aromatic N) is 2. The van der Waals surface area contributed by atoms with Gasteiger partial charge >= 0.3 is 23.9 Å². The zero-order valence-electron chi connectivity index (χ0n) is 35.8. The molecule has 1 aliphatic carbocycles. The fourth-order valence-corrected chi connectivity index (χ4v) is 8.95. The number of carbonyl (C=O) groups excluding carboxylic acids is 6. The molecule has 4 saturated heterocycles. The van der Waals surface area contributed by atoms with E-state index in [1.54, 1.807) is 58.9 Å². The van der Waals surface area contributed by atoms with Crippen molar-refractivity contribution in [3.05, 3.63) is 77.4 Å². The number of amides is 2. The molecule has 2 aromatic rings. The standard InChI is InChI=1S/C45H55N3O14/c1-43(2,3)61-33(51)18-16-29(23-49)46-39(52)30(20-26-11-8-7-9-12-26)47(6)42(55)45-21-31-34-35(58-25-57-34)37(45)62-48(36(45)40(53)59-31)22-28-14-10-13-27(19-28)15-17-32(50)60-38-41(54)56-24-44(38,4)5/h7-15,17,19,29-31,34-38,49H,16,18,20-25H2,1-6H3,(H,46,52)/t29-,30+,31+,34-,35-,36-,37+,38-,45-/m0/s1. The van der Waals surface area contributed by atoms with Crippen LogP contribution in [0.15, 0.2) is 60.7 Å². The van der Waals surface area contributed by atoms with Gasteiger partial charge in [-0.25, -0.2) is 9.59 Å². The fourth-order valence-electron chi connectivity index (χ4n) is 8.95. The van der Waals surface area contributed by atoms with Crippen LogP contribution in [-0.4, -0.2) is 132 Å². The summed E-state index contributed by atoms with van der Waals surface area (Å²) in [6.07, 6.45) is -1.46. The van der Waals surface area contributed by atoms with E-state index in [9.17, 15) is 29.1 Å². The highest BCUT2D eigenvalue weighted by Gasteiger charge is 2.75. The van der Waals surface area contributed by atoms with Gasteiger partial charge in [0.1, 0.15) is 54.9 Å². The monoisotopic (exact) mass is 861 g/mol. The van der Waals surface area contributed by atoms with Crippen molar-refractivity contribution in [3.8, 4) is 0 Å². The highest BCUT2D eigenvalue weighted by molar-refractivity contribution is 5.96. The third-order valence-electron chi connectivity index (χ3n) is 12.0. The van der Waals surface area contributed by atoms with Crippen molar-refractivity contribution in [3.63, 3.8) is 0 Å². The number of ether oxygens (including phenoxy) is 6. The van der Waals surface area contributed by atoms with E-state index in [1.807, 2.05) is 30.3 Å². The van der Waals surface area contributed by atoms with Crippen LogP contribution in [0.4, 0.5) is 0 Å². The fraction of sp³-hybridized carbons (Fsp3) is 0.556. The number of hydroxylamine groups is 2. The minimum Gasteiger partial charge on any atom is -0.462 e. The van der Waals surface area contributed by atoms with Crippen LogP contribution in [0.2, 0.25) is 0 Å². The molecule has 0 aromatic heterocycles. The average Bonchev–Trinajstić information content (AvgIpc) is 3.92. The number of hydrogen-bond acceptors (Lipinski definition) is 15. The topological polar surface area (TPSA) is 206 Å². The highest BCUT2D eigenvalue weighted by atomic mass is 16.8. The normalized spacial score (nSPS) is 28.4. The Labute approximate surface area is 359 Å². The third-order valence-corrected chi connectivity index (χ3v) is 12.0. The van der Waals surface area contributed by atoms with Gasteiger partial charge in [0, 0.05) is 37.8 Å². The molecule has 4 heterocycles. The summed E-state index contributed by atoms with van der Waals surface area (Å²) in [5.74, 6) is -3.61. The number of hydrogen-bond donors (Lipinski definition) is 2. The van der Waals surface area contributed by atoms with Crippen LogP contribution < -0.4 is 5.32 Å². The van der Waals surface area contributed by atoms with Gasteiger partial charge in [0.25, 0.3) is 0 Å². The largest absolute Gasteiger partial charge is 0.462 e. The van der Waals surface area contributed by atoms with Crippen LogP contribution in [0.3, 0.4) is 0 Å². The number of esters is 4. The maximum atomic E-state index is 15.4. The number of benzene rings is 2. The molecule has 5 fully saturated rings. The Morgan fingerprint density at radius 3 is 2.44 bits per heavy atom. The zero-order valence-corrected chi connectivity index (χ0v) is 35.8. The lowest BCUT2D eigenvalue weighted by molar-refractivity contribution is -0.204. The first-order chi connectivity index (χ1) is 29.4. The predicted molar refractivity (Wildman–Crippen MR) is 217 cm³/mol. The van der Waals surface area contributed by atoms with Crippen LogP contribution in [0, 0.1) is 10.8 Å². The molecule has 0 unspecified atom stereocenters. The molecule has 5 aliphatic rings. The molecule has 2 amide bonds. The van der Waals surface area contributed by atoms with E-state index < -0.39 is 107 Å². The number of carbonyl (C=O) groups is 6. The van der Waals surface area contributed by atoms with E-state index in [4.69, 9.17) is 33.3 Å². The summed E-state index contributed by atoms with van der Waals surface area (Å²) in [5, 5.41) is 14.5. The summed E-state index contributed by atoms with van der Waals surface area (Å²) in [6.45, 7) is 8.37. The van der Waals surface area contributed by atoms with Crippen molar-refractivity contribution in [1.82, 2.24) is 15.3 Å². The summed E-state index contributed by atoms with van der Waals surface area (Å²) in [4.78, 5) is 89.2. The smallest absolute Gasteiger partial charge is 0.348 e. The Bertz CT molecular complexity index is 2070. The Balaban J connectivity index is 1.14. The van der Waals surface area contributed by atoms with E-state index in [0.717, 1.165) is 5.56 Å². The van der Waals surface area contributed by atoms with Crippen molar-refractivity contribution >= 4 is 41.8 Å². The minimum atomic E-state index is -1.58. The molecule has 4 aliphatic heterocycles. The van der Waals surface area contributed by atoms with Gasteiger partial charge < -0.3 is 43.7 Å². The summed E-state index contributed by atoms with van der Waals surface area (Å²) in [6, 6.07) is 13.0. The second-order valence-electron chi connectivity index (χ2n) is 18.2. The molecule has 7 rings (SSSR count). The summed E-state index contributed by atoms with van der Waals surface area (Å²) in [7, 11) is 1.51. The quantitative estimate of drug-likeness (QED) is 0.150. The van der Waals surface area contributed by atoms with Crippen molar-refractivity contribution in [2.75, 3.05) is 27.1 Å². The number of fused-ring (bicyclic) bond motifs is 4. The number of rotatable bonds is 15. The van der Waals surface area contributed by atoms with E-state index >= 15 is 4.79 Å². The van der Waals surface area contributed by atoms with Gasteiger partial charge in [-0.2, -0.15) is 5.06 Å². The second kappa shape index (κ2) is 17.9. The lowest BCUT2D eigenvalue weighted by Gasteiger charge is -2.50. The minimum absolute atomic E-state index is 0.00983. The number of aliphatic hydroxyl groups is 1. The first-order valence-corrected chi connectivity index (χ1v) is 20.9. The molecule has 2 bridgehead atoms. The molecule has 62 heavy (non-hydrogen) atoms. The first-order valence-electron chi connectivity index (χ1n) is 20.9. The van der Waals surface area contributed by atoms with Crippen molar-refractivity contribution in [2.24, 2.45) is 10.8 Å². The molecule has 0 spiro atoms. The third kappa shape index (κ3) is 9.27. The van der Waals surface area contributed by atoms with Gasteiger partial charge in [-0.1, -0.05) is 68.4 Å². The Hall–Kier alpha value is -5.20. The van der Waals surface area contributed by atoms with Gasteiger partial charge in [0.15, 0.2) is 6.04 Å². The van der Waals surface area contributed by atoms with Gasteiger partial charge in [0.2, 0.25) is 17.9 Å². The van der Waals surface area contributed by atoms with Crippen LogP contribution >= 0.6 is 0 Å². The molecule has 0 radical (unpaired) electrons. The first kappa shape index (κ1) is 44.8. The van der Waals surface area contributed by atoms with Crippen molar-refractivity contribution in [2.45, 2.75) is 121 Å². The van der Waals surface area contributed by atoms with Crippen molar-refractivity contribution < 1.29 is 67.1 Å². The number of cyclic esters (lactones) is 1. The molecule has 2 aromatic carbocycles. The summed E-state index contributed by atoms with van der Waals surface area (Å²) in [5.41, 5.74) is -0.932. The van der Waals surface area contributed by atoms with Crippen molar-refractivity contribution in [1.29, 1.82) is 0 Å². The SMILES string of the molecule is CN(C(=O)[C@@]12C[C@H]3OC(=O)[C@@H]1N(Cc1cccc(C=CC(=O)O[C@H]4C(=O)OCC4(C)C)c1)O[C@@H]2[C@H]1OCO[C@H]13)[C@H](Cc1ccccc1)C(=O)N[C@H](CO)CCC(=O)OC(C)(C)C. The molecule has 17 heteroatoms. The van der Waals surface area contributed by atoms with Gasteiger partial charge in [-0.05, 0) is 50.0 Å². The molecular formula is C45H55N3O14. The number of nitrogens with one attached hydrogen (secondary N) is 1. The van der Waals surface area contributed by atoms with E-state index in [1.165, 1.54) is 29.2 Å². The maximum Gasteiger partial charge on any atom is 0.348 e. The Kier molecular flexibility index (Phi) is 12.9. The zero-order chi connectivity index (χ0) is 44.6. The number of likely N-dealkylation sites (N-methyl/N-ethyl adjacent to an activating group) is 1. The van der Waals surface area contributed by atoms with E-state index in [0.29, 0.717) is 11.1 Å². The van der Waals surface area contributed by atoms with Gasteiger partial charge in [-0.15, -0.1) is 0 Å². The molecule has 334 valence electrons. The summed E-state index contributed by atoms with van der Waals surface area (Å²) >= 11 is 0. The molecule has 1 saturated carbocycles. The van der Waals surface area contributed by atoms with E-state index in [2.05, 4.69) is 5.32 Å². The molecule has 2 N–H and O–H groups in total. The lowest BCUT2D eigenvalue weighted by atomic mass is 9.62. The van der Waals surface area contributed by atoms with Crippen LogP contribution in [0.1, 0.15) is 70.6 Å². The highest BCUT2D eigenvalue weighted by Crippen LogP contribution is 2.56. The Morgan fingerprint density at radius 1 is 1.02 bits per heavy atom. The van der Waals surface area contributed by atoms with Crippen LogP contribution in [-0.2, 0) is 75.0 Å². The molecule has 17 nitrogen and oxygen atoms in total. The van der Waals surface area contributed by atoms with Gasteiger partial charge in [0.05, 0.1) is 19.2 Å².